The molecule has 27 heavy (non-hydrogen) atoms. The van der Waals surface area contributed by atoms with E-state index in [4.69, 9.17) is 21.1 Å². The highest BCUT2D eigenvalue weighted by Gasteiger charge is 2.11. The number of anilines is 1. The highest BCUT2D eigenvalue weighted by Crippen LogP contribution is 2.29. The monoisotopic (exact) mass is 385 g/mol. The van der Waals surface area contributed by atoms with Crippen molar-refractivity contribution in [2.45, 2.75) is 0 Å². The summed E-state index contributed by atoms with van der Waals surface area (Å²) in [6, 6.07) is 11.3. The largest absolute Gasteiger partial charge is 0.508 e. The molecular weight excluding hydrogens is 370 g/mol. The van der Waals surface area contributed by atoms with Gasteiger partial charge in [0.05, 0.1) is 0 Å². The van der Waals surface area contributed by atoms with Crippen LogP contribution < -0.4 is 10.1 Å². The number of fused-ring (bicyclic) bond motifs is 1. The van der Waals surface area contributed by atoms with Gasteiger partial charge in [-0.1, -0.05) is 11.6 Å². The fraction of sp³-hybridized carbons (Fsp3) is 0.100. The average Bonchev–Trinajstić information content (AvgIpc) is 2.66. The van der Waals surface area contributed by atoms with E-state index in [0.29, 0.717) is 17.3 Å². The highest BCUT2D eigenvalue weighted by molar-refractivity contribution is 6.30. The number of benzene rings is 2. The van der Waals surface area contributed by atoms with Crippen molar-refractivity contribution in [1.82, 2.24) is 0 Å². The van der Waals surface area contributed by atoms with Crippen molar-refractivity contribution in [3.63, 3.8) is 0 Å². The first-order valence-corrected chi connectivity index (χ1v) is 8.44. The van der Waals surface area contributed by atoms with E-state index in [1.165, 1.54) is 30.3 Å². The molecule has 2 N–H and O–H groups in total. The zero-order valence-corrected chi connectivity index (χ0v) is 14.9. The van der Waals surface area contributed by atoms with Crippen molar-refractivity contribution in [1.29, 1.82) is 0 Å². The summed E-state index contributed by atoms with van der Waals surface area (Å²) in [5.41, 5.74) is 2.09. The molecule has 7 heteroatoms. The summed E-state index contributed by atoms with van der Waals surface area (Å²) < 4.78 is 10.5. The topological polar surface area (TPSA) is 84.9 Å². The van der Waals surface area contributed by atoms with Crippen LogP contribution in [0.15, 0.2) is 60.2 Å². The summed E-state index contributed by atoms with van der Waals surface area (Å²) in [6.07, 6.45) is 4.68. The number of carbonyl (C=O) groups is 2. The molecule has 0 fully saturated rings. The van der Waals surface area contributed by atoms with Crippen LogP contribution in [0, 0.1) is 0 Å². The van der Waals surface area contributed by atoms with Gasteiger partial charge >= 0.3 is 5.97 Å². The number of phenols is 1. The zero-order valence-electron chi connectivity index (χ0n) is 14.1. The maximum Gasteiger partial charge on any atom is 0.331 e. The second-order valence-corrected chi connectivity index (χ2v) is 6.16. The van der Waals surface area contributed by atoms with Crippen LogP contribution in [-0.2, 0) is 14.3 Å². The molecule has 138 valence electrons. The number of amides is 1. The van der Waals surface area contributed by atoms with E-state index in [-0.39, 0.29) is 5.75 Å². The molecule has 0 radical (unpaired) electrons. The van der Waals surface area contributed by atoms with Gasteiger partial charge in [-0.15, -0.1) is 0 Å². The number of phenolic OH excluding ortho intramolecular Hbond substituents is 1. The number of hydrogen-bond acceptors (Lipinski definition) is 5. The van der Waals surface area contributed by atoms with E-state index in [1.54, 1.807) is 24.3 Å². The minimum atomic E-state index is -0.645. The number of nitrogens with one attached hydrogen (secondary N) is 1. The number of aromatic hydroxyl groups is 1. The van der Waals surface area contributed by atoms with E-state index in [2.05, 4.69) is 5.32 Å². The lowest BCUT2D eigenvalue weighted by Gasteiger charge is -2.16. The van der Waals surface area contributed by atoms with Crippen molar-refractivity contribution in [2.24, 2.45) is 0 Å². The summed E-state index contributed by atoms with van der Waals surface area (Å²) in [4.78, 5) is 23.5. The Bertz CT molecular complexity index is 918. The molecule has 0 bridgehead atoms. The molecule has 3 rings (SSSR count). The number of carbonyl (C=O) groups excluding carboxylic acids is 2. The van der Waals surface area contributed by atoms with Crippen LogP contribution in [0.5, 0.6) is 11.5 Å². The number of ether oxygens (including phenoxy) is 2. The van der Waals surface area contributed by atoms with Crippen LogP contribution in [-0.4, -0.2) is 30.2 Å². The van der Waals surface area contributed by atoms with Gasteiger partial charge in [0.2, 0.25) is 0 Å². The molecule has 6 nitrogen and oxygen atoms in total. The summed E-state index contributed by atoms with van der Waals surface area (Å²) >= 11 is 5.96. The van der Waals surface area contributed by atoms with Gasteiger partial charge in [0.25, 0.3) is 5.91 Å². The first-order chi connectivity index (χ1) is 13.0. The lowest BCUT2D eigenvalue weighted by Crippen LogP contribution is -2.20. The molecule has 0 aromatic heterocycles. The molecular formula is C20H16ClNO5. The van der Waals surface area contributed by atoms with Crippen molar-refractivity contribution < 1.29 is 24.2 Å². The van der Waals surface area contributed by atoms with Crippen LogP contribution in [0.1, 0.15) is 5.56 Å². The third kappa shape index (κ3) is 5.36. The molecule has 0 aliphatic carbocycles. The number of esters is 1. The molecule has 2 aromatic carbocycles. The van der Waals surface area contributed by atoms with E-state index < -0.39 is 18.5 Å². The first-order valence-electron chi connectivity index (χ1n) is 8.06. The quantitative estimate of drug-likeness (QED) is 0.467. The van der Waals surface area contributed by atoms with Crippen molar-refractivity contribution in [3.8, 4) is 11.5 Å². The molecule has 1 amide bonds. The van der Waals surface area contributed by atoms with Crippen LogP contribution in [0.3, 0.4) is 0 Å². The third-order valence-electron chi connectivity index (χ3n) is 3.64. The lowest BCUT2D eigenvalue weighted by molar-refractivity contribution is -0.142. The Labute approximate surface area is 160 Å². The van der Waals surface area contributed by atoms with Crippen molar-refractivity contribution in [3.05, 3.63) is 70.8 Å². The van der Waals surface area contributed by atoms with Gasteiger partial charge in [-0.2, -0.15) is 0 Å². The minimum absolute atomic E-state index is 0.0930. The Morgan fingerprint density at radius 3 is 2.78 bits per heavy atom. The maximum absolute atomic E-state index is 11.8. The SMILES string of the molecule is O=C(COC(=O)/C=C/C1=Cc2cc(Cl)ccc2OC1)Nc1ccc(O)cc1. The van der Waals surface area contributed by atoms with Crippen LogP contribution >= 0.6 is 11.6 Å². The second kappa shape index (κ2) is 8.42. The molecule has 1 aliphatic heterocycles. The fourth-order valence-corrected chi connectivity index (χ4v) is 2.54. The summed E-state index contributed by atoms with van der Waals surface area (Å²) in [5, 5.41) is 12.3. The molecule has 1 heterocycles. The third-order valence-corrected chi connectivity index (χ3v) is 3.87. The molecule has 0 saturated heterocycles. The Kier molecular flexibility index (Phi) is 5.78. The first kappa shape index (κ1) is 18.5. The summed E-state index contributed by atoms with van der Waals surface area (Å²) in [5.74, 6) is -0.305. The van der Waals surface area contributed by atoms with E-state index in [1.807, 2.05) is 6.08 Å². The lowest BCUT2D eigenvalue weighted by atomic mass is 10.1. The second-order valence-electron chi connectivity index (χ2n) is 5.73. The van der Waals surface area contributed by atoms with Gasteiger partial charge in [-0.05, 0) is 60.2 Å². The Morgan fingerprint density at radius 1 is 1.22 bits per heavy atom. The van der Waals surface area contributed by atoms with E-state index in [0.717, 1.165) is 16.9 Å². The predicted octanol–water partition coefficient (Wildman–Crippen LogP) is 3.56. The smallest absolute Gasteiger partial charge is 0.331 e. The van der Waals surface area contributed by atoms with Crippen LogP contribution in [0.4, 0.5) is 5.69 Å². The normalized spacial score (nSPS) is 12.7. The van der Waals surface area contributed by atoms with Gasteiger partial charge in [0, 0.05) is 22.3 Å². The minimum Gasteiger partial charge on any atom is -0.508 e. The molecule has 1 aliphatic rings. The molecule has 0 unspecified atom stereocenters. The Morgan fingerprint density at radius 2 is 2.00 bits per heavy atom. The number of hydrogen-bond donors (Lipinski definition) is 2. The molecule has 0 atom stereocenters. The average molecular weight is 386 g/mol. The van der Waals surface area contributed by atoms with Gasteiger partial charge in [-0.25, -0.2) is 4.79 Å². The van der Waals surface area contributed by atoms with Crippen molar-refractivity contribution >= 4 is 35.2 Å². The van der Waals surface area contributed by atoms with Gasteiger partial charge in [-0.3, -0.25) is 4.79 Å². The van der Waals surface area contributed by atoms with Gasteiger partial charge in [0.1, 0.15) is 18.1 Å². The summed E-state index contributed by atoms with van der Waals surface area (Å²) in [7, 11) is 0. The zero-order chi connectivity index (χ0) is 19.2. The van der Waals surface area contributed by atoms with E-state index in [9.17, 15) is 14.7 Å². The number of halogens is 1. The fourth-order valence-electron chi connectivity index (χ4n) is 2.36. The van der Waals surface area contributed by atoms with Crippen LogP contribution in [0.2, 0.25) is 5.02 Å². The standard InChI is InChI=1S/C20H16ClNO5/c21-15-2-7-18-14(10-15)9-13(11-26-18)1-8-20(25)27-12-19(24)22-16-3-5-17(23)6-4-16/h1-10,23H,11-12H2,(H,22,24)/b8-1+. The Hall–Kier alpha value is -3.25. The Balaban J connectivity index is 1.50. The molecule has 2 aromatic rings. The van der Waals surface area contributed by atoms with Gasteiger partial charge in [0.15, 0.2) is 6.61 Å². The van der Waals surface area contributed by atoms with Crippen LogP contribution in [0.25, 0.3) is 6.08 Å². The van der Waals surface area contributed by atoms with E-state index >= 15 is 0 Å². The highest BCUT2D eigenvalue weighted by atomic mass is 35.5. The number of rotatable bonds is 5. The molecule has 0 spiro atoms. The van der Waals surface area contributed by atoms with Gasteiger partial charge < -0.3 is 19.9 Å². The maximum atomic E-state index is 11.8. The predicted molar refractivity (Wildman–Crippen MR) is 102 cm³/mol. The summed E-state index contributed by atoms with van der Waals surface area (Å²) in [6.45, 7) is -0.0994. The molecule has 0 saturated carbocycles. The van der Waals surface area contributed by atoms with Crippen molar-refractivity contribution in [2.75, 3.05) is 18.5 Å².